The number of benzene rings is 4. The molecule has 5 heteroatoms. The van der Waals surface area contributed by atoms with Gasteiger partial charge in [-0.15, -0.1) is 0 Å². The summed E-state index contributed by atoms with van der Waals surface area (Å²) in [6.07, 6.45) is 3.26. The van der Waals surface area contributed by atoms with E-state index in [2.05, 4.69) is 182 Å². The predicted molar refractivity (Wildman–Crippen MR) is 225 cm³/mol. The normalized spacial score (nSPS) is 19.5. The number of hydrogen-bond acceptors (Lipinski definition) is 3. The molecule has 0 saturated heterocycles. The van der Waals surface area contributed by atoms with E-state index in [1.807, 2.05) is 0 Å². The Morgan fingerprint density at radius 2 is 1.19 bits per heavy atom. The standard InChI is InChI=1S/C47H64O3Si2/c1-36(23-22-33-49-47(38-24-14-10-15-25-38,39-26-16-11-17-27-39)40-28-18-12-19-29-40)44-37(2)35-43(50-52(8,9)46(3,4)5)42(45(44)48)32-34-51(6,7)41-30-20-13-21-31-41/h10-21,24-31,36,42-43,45,48H,22-23,32-35H2,1-9H3/t36-,42+,43+,45+/m0/s1. The van der Waals surface area contributed by atoms with Crippen molar-refractivity contribution in [1.29, 1.82) is 0 Å². The Kier molecular flexibility index (Phi) is 13.1. The van der Waals surface area contributed by atoms with Gasteiger partial charge in [0.2, 0.25) is 0 Å². The largest absolute Gasteiger partial charge is 0.413 e. The van der Waals surface area contributed by atoms with Crippen molar-refractivity contribution in [2.24, 2.45) is 11.8 Å². The summed E-state index contributed by atoms with van der Waals surface area (Å²) >= 11 is 0. The second-order valence-corrected chi connectivity index (χ2v) is 27.0. The van der Waals surface area contributed by atoms with Crippen LogP contribution in [0.4, 0.5) is 0 Å². The van der Waals surface area contributed by atoms with Gasteiger partial charge in [0.05, 0.1) is 20.3 Å². The molecule has 0 aromatic heterocycles. The van der Waals surface area contributed by atoms with Crippen LogP contribution < -0.4 is 5.19 Å². The molecule has 4 aromatic carbocycles. The van der Waals surface area contributed by atoms with E-state index < -0.39 is 28.1 Å². The first-order valence-electron chi connectivity index (χ1n) is 19.6. The van der Waals surface area contributed by atoms with Crippen LogP contribution in [-0.2, 0) is 14.8 Å². The van der Waals surface area contributed by atoms with Gasteiger partial charge in [-0.25, -0.2) is 0 Å². The van der Waals surface area contributed by atoms with Crippen molar-refractivity contribution >= 4 is 21.6 Å². The summed E-state index contributed by atoms with van der Waals surface area (Å²) < 4.78 is 14.3. The molecule has 4 atom stereocenters. The van der Waals surface area contributed by atoms with Crippen molar-refractivity contribution < 1.29 is 14.3 Å². The third-order valence-electron chi connectivity index (χ3n) is 12.3. The molecule has 0 aliphatic heterocycles. The fourth-order valence-corrected chi connectivity index (χ4v) is 11.9. The fourth-order valence-electron chi connectivity index (χ4n) is 8.10. The van der Waals surface area contributed by atoms with Crippen LogP contribution in [0.1, 0.15) is 77.0 Å². The van der Waals surface area contributed by atoms with Gasteiger partial charge < -0.3 is 14.3 Å². The molecule has 0 amide bonds. The van der Waals surface area contributed by atoms with Crippen LogP contribution in [0, 0.1) is 11.8 Å². The number of hydrogen-bond donors (Lipinski definition) is 1. The highest BCUT2D eigenvalue weighted by Gasteiger charge is 2.45. The summed E-state index contributed by atoms with van der Waals surface area (Å²) in [5.74, 6) is 0.331. The highest BCUT2D eigenvalue weighted by Crippen LogP contribution is 2.45. The summed E-state index contributed by atoms with van der Waals surface area (Å²) in [5.41, 5.74) is 5.20. The molecular formula is C47H64O3Si2. The Hall–Kier alpha value is -3.07. The van der Waals surface area contributed by atoms with E-state index in [0.29, 0.717) is 6.61 Å². The molecule has 0 fully saturated rings. The van der Waals surface area contributed by atoms with Crippen LogP contribution in [0.3, 0.4) is 0 Å². The van der Waals surface area contributed by atoms with E-state index in [0.717, 1.165) is 48.4 Å². The van der Waals surface area contributed by atoms with Crippen molar-refractivity contribution in [3.63, 3.8) is 0 Å². The van der Waals surface area contributed by atoms with Crippen LogP contribution >= 0.6 is 0 Å². The Balaban J connectivity index is 1.37. The average molecular weight is 733 g/mol. The second-order valence-electron chi connectivity index (χ2n) is 17.4. The van der Waals surface area contributed by atoms with Gasteiger partial charge >= 0.3 is 0 Å². The third-order valence-corrected chi connectivity index (χ3v) is 20.2. The molecule has 0 heterocycles. The quantitative estimate of drug-likeness (QED) is 0.0572. The van der Waals surface area contributed by atoms with E-state index >= 15 is 0 Å². The Morgan fingerprint density at radius 3 is 1.65 bits per heavy atom. The van der Waals surface area contributed by atoms with Gasteiger partial charge in [-0.3, -0.25) is 0 Å². The van der Waals surface area contributed by atoms with Gasteiger partial charge in [0.15, 0.2) is 8.32 Å². The molecule has 4 aromatic rings. The molecule has 1 aliphatic rings. The lowest BCUT2D eigenvalue weighted by atomic mass is 9.73. The van der Waals surface area contributed by atoms with Gasteiger partial charge in [-0.05, 0) is 78.9 Å². The van der Waals surface area contributed by atoms with E-state index in [1.54, 1.807) is 0 Å². The zero-order chi connectivity index (χ0) is 37.6. The smallest absolute Gasteiger partial charge is 0.192 e. The summed E-state index contributed by atoms with van der Waals surface area (Å²) in [5, 5.41) is 14.0. The molecule has 3 nitrogen and oxygen atoms in total. The second kappa shape index (κ2) is 16.9. The van der Waals surface area contributed by atoms with Gasteiger partial charge in [0, 0.05) is 12.5 Å². The van der Waals surface area contributed by atoms with Crippen LogP contribution in [0.15, 0.2) is 132 Å². The summed E-state index contributed by atoms with van der Waals surface area (Å²) in [6.45, 7) is 21.8. The zero-order valence-electron chi connectivity index (χ0n) is 33.4. The van der Waals surface area contributed by atoms with Crippen molar-refractivity contribution in [3.05, 3.63) is 149 Å². The molecular weight excluding hydrogens is 669 g/mol. The monoisotopic (exact) mass is 732 g/mol. The molecule has 5 rings (SSSR count). The Bertz CT molecular complexity index is 1620. The number of aliphatic hydroxyl groups excluding tert-OH is 1. The lowest BCUT2D eigenvalue weighted by Crippen LogP contribution is -2.50. The van der Waals surface area contributed by atoms with E-state index in [1.165, 1.54) is 16.3 Å². The summed E-state index contributed by atoms with van der Waals surface area (Å²) in [4.78, 5) is 0. The van der Waals surface area contributed by atoms with E-state index in [9.17, 15) is 5.11 Å². The third kappa shape index (κ3) is 8.99. The molecule has 0 spiro atoms. The Morgan fingerprint density at radius 1 is 0.731 bits per heavy atom. The SMILES string of the molecule is CC1=C([C@@H](C)CCCOC(c2ccccc2)(c2ccccc2)c2ccccc2)[C@H](O)[C@H](CC[Si](C)(C)c2ccccc2)[C@H](O[Si](C)(C)C(C)(C)C)C1. The molecule has 1 aliphatic carbocycles. The minimum Gasteiger partial charge on any atom is -0.413 e. The fraction of sp³-hybridized carbons (Fsp3) is 0.447. The predicted octanol–water partition coefficient (Wildman–Crippen LogP) is 11.5. The van der Waals surface area contributed by atoms with Crippen LogP contribution in [0.25, 0.3) is 0 Å². The molecule has 0 bridgehead atoms. The Labute approximate surface area is 317 Å². The van der Waals surface area contributed by atoms with Crippen molar-refractivity contribution in [3.8, 4) is 0 Å². The lowest BCUT2D eigenvalue weighted by Gasteiger charge is -2.46. The summed E-state index contributed by atoms with van der Waals surface area (Å²) in [7, 11) is -3.75. The highest BCUT2D eigenvalue weighted by molar-refractivity contribution is 6.89. The molecule has 0 radical (unpaired) electrons. The minimum atomic E-state index is -2.05. The lowest BCUT2D eigenvalue weighted by molar-refractivity contribution is 0.00650. The maximum Gasteiger partial charge on any atom is 0.192 e. The van der Waals surface area contributed by atoms with Crippen LogP contribution in [0.2, 0.25) is 37.3 Å². The maximum absolute atomic E-state index is 12.4. The van der Waals surface area contributed by atoms with E-state index in [4.69, 9.17) is 9.16 Å². The highest BCUT2D eigenvalue weighted by atomic mass is 28.4. The molecule has 0 saturated carbocycles. The first kappa shape index (κ1) is 40.1. The molecule has 1 N–H and O–H groups in total. The topological polar surface area (TPSA) is 38.7 Å². The van der Waals surface area contributed by atoms with Gasteiger partial charge in [-0.1, -0.05) is 179 Å². The van der Waals surface area contributed by atoms with Crippen LogP contribution in [-0.4, -0.2) is 40.3 Å². The molecule has 0 unspecified atom stereocenters. The first-order valence-corrected chi connectivity index (χ1v) is 25.7. The first-order chi connectivity index (χ1) is 24.7. The summed E-state index contributed by atoms with van der Waals surface area (Å²) in [6, 6.07) is 44.1. The number of aliphatic hydroxyl groups is 1. The van der Waals surface area contributed by atoms with Crippen molar-refractivity contribution in [2.75, 3.05) is 6.61 Å². The molecule has 278 valence electrons. The molecule has 52 heavy (non-hydrogen) atoms. The minimum absolute atomic E-state index is 0.0407. The van der Waals surface area contributed by atoms with Gasteiger partial charge in [-0.2, -0.15) is 0 Å². The zero-order valence-corrected chi connectivity index (χ0v) is 35.4. The van der Waals surface area contributed by atoms with Crippen molar-refractivity contribution in [1.82, 2.24) is 0 Å². The van der Waals surface area contributed by atoms with Crippen molar-refractivity contribution in [2.45, 2.75) is 115 Å². The number of rotatable bonds is 15. The van der Waals surface area contributed by atoms with Gasteiger partial charge in [0.25, 0.3) is 0 Å². The average Bonchev–Trinajstić information content (AvgIpc) is 3.12. The van der Waals surface area contributed by atoms with Gasteiger partial charge in [0.1, 0.15) is 5.60 Å². The number of ether oxygens (including phenoxy) is 1. The van der Waals surface area contributed by atoms with Crippen LogP contribution in [0.5, 0.6) is 0 Å². The van der Waals surface area contributed by atoms with E-state index in [-0.39, 0.29) is 23.0 Å². The maximum atomic E-state index is 12.4.